The molecule has 1 aromatic rings. The fourth-order valence-electron chi connectivity index (χ4n) is 2.27. The van der Waals surface area contributed by atoms with Gasteiger partial charge in [-0.1, -0.05) is 46.8 Å². The molecule has 1 rings (SSSR count). The van der Waals surface area contributed by atoms with E-state index in [1.807, 2.05) is 0 Å². The average molecular weight is 232 g/mol. The molecule has 0 saturated heterocycles. The summed E-state index contributed by atoms with van der Waals surface area (Å²) in [5.41, 5.74) is 4.70. The highest BCUT2D eigenvalue weighted by Crippen LogP contribution is 2.30. The van der Waals surface area contributed by atoms with E-state index in [1.165, 1.54) is 16.7 Å². The van der Waals surface area contributed by atoms with Crippen LogP contribution in [0.25, 0.3) is 0 Å². The predicted molar refractivity (Wildman–Crippen MR) is 74.0 cm³/mol. The minimum Gasteiger partial charge on any atom is -0.294 e. The maximum Gasteiger partial charge on any atom is 0.160 e. The molecule has 0 aliphatic heterocycles. The number of rotatable bonds is 4. The Morgan fingerprint density at radius 2 is 1.47 bits per heavy atom. The molecule has 94 valence electrons. The van der Waals surface area contributed by atoms with Crippen molar-refractivity contribution in [3.8, 4) is 0 Å². The molecule has 0 saturated carbocycles. The van der Waals surface area contributed by atoms with Crippen LogP contribution in [0.1, 0.15) is 80.4 Å². The summed E-state index contributed by atoms with van der Waals surface area (Å²) >= 11 is 0. The molecular weight excluding hydrogens is 208 g/mol. The fourth-order valence-corrected chi connectivity index (χ4v) is 2.27. The Labute approximate surface area is 105 Å². The molecule has 1 aromatic carbocycles. The molecule has 0 aromatic heterocycles. The zero-order valence-corrected chi connectivity index (χ0v) is 11.9. The summed E-state index contributed by atoms with van der Waals surface area (Å²) in [5, 5.41) is 0. The van der Waals surface area contributed by atoms with Crippen LogP contribution in [0.15, 0.2) is 12.1 Å². The second-order valence-electron chi connectivity index (χ2n) is 5.37. The number of hydrogen-bond donors (Lipinski definition) is 0. The number of benzene rings is 1. The van der Waals surface area contributed by atoms with E-state index in [2.05, 4.69) is 46.8 Å². The molecule has 1 nitrogen and oxygen atoms in total. The minimum atomic E-state index is 0.194. The quantitative estimate of drug-likeness (QED) is 0.688. The fraction of sp³-hybridized carbons (Fsp3) is 0.562. The van der Waals surface area contributed by atoms with Gasteiger partial charge in [0.2, 0.25) is 0 Å². The van der Waals surface area contributed by atoms with Crippen molar-refractivity contribution in [2.45, 2.75) is 59.8 Å². The Bertz CT molecular complexity index is 385. The molecule has 0 N–H and O–H groups in total. The van der Waals surface area contributed by atoms with Crippen molar-refractivity contribution in [1.29, 1.82) is 0 Å². The molecule has 0 radical (unpaired) electrons. The van der Waals surface area contributed by atoms with Crippen molar-refractivity contribution in [2.24, 2.45) is 0 Å². The highest BCUT2D eigenvalue weighted by molar-refractivity contribution is 5.97. The topological polar surface area (TPSA) is 17.1 Å². The Morgan fingerprint density at radius 3 is 1.71 bits per heavy atom. The van der Waals surface area contributed by atoms with Gasteiger partial charge in [0.25, 0.3) is 0 Å². The van der Waals surface area contributed by atoms with Crippen molar-refractivity contribution in [1.82, 2.24) is 0 Å². The third-order valence-corrected chi connectivity index (χ3v) is 3.26. The van der Waals surface area contributed by atoms with E-state index < -0.39 is 0 Å². The SMILES string of the molecule is CCc1cc(C(C)C)c(C(C)=O)c(C(C)C)c1. The maximum atomic E-state index is 11.9. The molecule has 17 heavy (non-hydrogen) atoms. The summed E-state index contributed by atoms with van der Waals surface area (Å²) in [6, 6.07) is 4.40. The molecule has 0 fully saturated rings. The molecule has 0 unspecified atom stereocenters. The van der Waals surface area contributed by atoms with Crippen LogP contribution in [0.3, 0.4) is 0 Å². The predicted octanol–water partition coefficient (Wildman–Crippen LogP) is 4.70. The van der Waals surface area contributed by atoms with E-state index >= 15 is 0 Å². The lowest BCUT2D eigenvalue weighted by atomic mass is 9.85. The standard InChI is InChI=1S/C16H24O/c1-7-13-8-14(10(2)3)16(12(6)17)15(9-13)11(4)5/h8-11H,7H2,1-6H3. The number of hydrogen-bond acceptors (Lipinski definition) is 1. The van der Waals surface area contributed by atoms with E-state index in [-0.39, 0.29) is 5.78 Å². The summed E-state index contributed by atoms with van der Waals surface area (Å²) in [4.78, 5) is 11.9. The van der Waals surface area contributed by atoms with Crippen LogP contribution in [-0.4, -0.2) is 5.78 Å². The smallest absolute Gasteiger partial charge is 0.160 e. The van der Waals surface area contributed by atoms with Gasteiger partial charge in [0, 0.05) is 5.56 Å². The third-order valence-electron chi connectivity index (χ3n) is 3.26. The minimum absolute atomic E-state index is 0.194. The average Bonchev–Trinajstić information content (AvgIpc) is 2.26. The van der Waals surface area contributed by atoms with Gasteiger partial charge in [-0.25, -0.2) is 0 Å². The van der Waals surface area contributed by atoms with Crippen LogP contribution < -0.4 is 0 Å². The van der Waals surface area contributed by atoms with Gasteiger partial charge in [-0.3, -0.25) is 4.79 Å². The Hall–Kier alpha value is -1.11. The van der Waals surface area contributed by atoms with Crippen LogP contribution >= 0.6 is 0 Å². The van der Waals surface area contributed by atoms with Gasteiger partial charge in [-0.05, 0) is 41.9 Å². The lowest BCUT2D eigenvalue weighted by Gasteiger charge is -2.19. The van der Waals surface area contributed by atoms with Gasteiger partial charge in [0.15, 0.2) is 5.78 Å². The van der Waals surface area contributed by atoms with Crippen LogP contribution in [0, 0.1) is 0 Å². The van der Waals surface area contributed by atoms with Gasteiger partial charge in [-0.15, -0.1) is 0 Å². The van der Waals surface area contributed by atoms with E-state index in [0.717, 1.165) is 12.0 Å². The third kappa shape index (κ3) is 2.96. The largest absolute Gasteiger partial charge is 0.294 e. The molecule has 1 heteroatoms. The van der Waals surface area contributed by atoms with E-state index in [9.17, 15) is 4.79 Å². The van der Waals surface area contributed by atoms with Gasteiger partial charge in [-0.2, -0.15) is 0 Å². The number of Topliss-reactive ketones (excluding diaryl/α,β-unsaturated/α-hetero) is 1. The highest BCUT2D eigenvalue weighted by Gasteiger charge is 2.18. The maximum absolute atomic E-state index is 11.9. The first-order chi connectivity index (χ1) is 7.88. The Morgan fingerprint density at radius 1 is 1.06 bits per heavy atom. The van der Waals surface area contributed by atoms with Gasteiger partial charge >= 0.3 is 0 Å². The van der Waals surface area contributed by atoms with Gasteiger partial charge < -0.3 is 0 Å². The number of carbonyl (C=O) groups is 1. The normalized spacial score (nSPS) is 11.3. The molecule has 0 atom stereocenters. The van der Waals surface area contributed by atoms with Crippen LogP contribution in [0.2, 0.25) is 0 Å². The van der Waals surface area contributed by atoms with Crippen LogP contribution in [0.4, 0.5) is 0 Å². The van der Waals surface area contributed by atoms with E-state index in [0.29, 0.717) is 11.8 Å². The van der Waals surface area contributed by atoms with Crippen molar-refractivity contribution in [2.75, 3.05) is 0 Å². The van der Waals surface area contributed by atoms with Gasteiger partial charge in [0.05, 0.1) is 0 Å². The highest BCUT2D eigenvalue weighted by atomic mass is 16.1. The Kier molecular flexibility index (Phi) is 4.50. The molecule has 0 aliphatic carbocycles. The second kappa shape index (κ2) is 5.48. The van der Waals surface area contributed by atoms with E-state index in [4.69, 9.17) is 0 Å². The summed E-state index contributed by atoms with van der Waals surface area (Å²) in [5.74, 6) is 0.996. The first kappa shape index (κ1) is 14.0. The Balaban J connectivity index is 3.55. The van der Waals surface area contributed by atoms with Crippen molar-refractivity contribution < 1.29 is 4.79 Å². The molecule has 0 bridgehead atoms. The molecule has 0 heterocycles. The zero-order valence-electron chi connectivity index (χ0n) is 11.9. The van der Waals surface area contributed by atoms with Gasteiger partial charge in [0.1, 0.15) is 0 Å². The first-order valence-electron chi connectivity index (χ1n) is 6.56. The van der Waals surface area contributed by atoms with Crippen molar-refractivity contribution in [3.63, 3.8) is 0 Å². The number of ketones is 1. The lowest BCUT2D eigenvalue weighted by molar-refractivity contribution is 0.101. The lowest BCUT2D eigenvalue weighted by Crippen LogP contribution is -2.09. The summed E-state index contributed by atoms with van der Waals surface area (Å²) in [6.07, 6.45) is 1.03. The van der Waals surface area contributed by atoms with Crippen LogP contribution in [0.5, 0.6) is 0 Å². The second-order valence-corrected chi connectivity index (χ2v) is 5.37. The van der Waals surface area contributed by atoms with Crippen LogP contribution in [-0.2, 0) is 6.42 Å². The monoisotopic (exact) mass is 232 g/mol. The number of carbonyl (C=O) groups excluding carboxylic acids is 1. The molecule has 0 aliphatic rings. The van der Waals surface area contributed by atoms with Crippen molar-refractivity contribution >= 4 is 5.78 Å². The summed E-state index contributed by atoms with van der Waals surface area (Å²) in [6.45, 7) is 12.5. The molecule has 0 spiro atoms. The zero-order chi connectivity index (χ0) is 13.2. The van der Waals surface area contributed by atoms with E-state index in [1.54, 1.807) is 6.92 Å². The molecule has 0 amide bonds. The van der Waals surface area contributed by atoms with Crippen molar-refractivity contribution in [3.05, 3.63) is 34.4 Å². The number of aryl methyl sites for hydroxylation is 1. The summed E-state index contributed by atoms with van der Waals surface area (Å²) < 4.78 is 0. The first-order valence-corrected chi connectivity index (χ1v) is 6.56. The summed E-state index contributed by atoms with van der Waals surface area (Å²) in [7, 11) is 0. The molecular formula is C16H24O.